The van der Waals surface area contributed by atoms with Crippen molar-refractivity contribution >= 4 is 21.6 Å². The van der Waals surface area contributed by atoms with Crippen molar-refractivity contribution in [2.24, 2.45) is 0 Å². The van der Waals surface area contributed by atoms with E-state index < -0.39 is 0 Å². The van der Waals surface area contributed by atoms with Crippen molar-refractivity contribution in [1.82, 2.24) is 5.32 Å². The zero-order valence-electron chi connectivity index (χ0n) is 10.3. The van der Waals surface area contributed by atoms with Crippen LogP contribution in [0.3, 0.4) is 0 Å². The van der Waals surface area contributed by atoms with E-state index in [9.17, 15) is 4.39 Å². The number of halogens is 2. The number of hydrogen-bond acceptors (Lipinski definition) is 2. The van der Waals surface area contributed by atoms with Crippen LogP contribution in [0.2, 0.25) is 0 Å². The Morgan fingerprint density at radius 1 is 1.22 bits per heavy atom. The van der Waals surface area contributed by atoms with Crippen molar-refractivity contribution in [1.29, 1.82) is 0 Å². The van der Waals surface area contributed by atoms with E-state index in [4.69, 9.17) is 0 Å². The molecule has 1 atom stereocenters. The molecule has 0 spiro atoms. The van der Waals surface area contributed by atoms with E-state index in [0.29, 0.717) is 6.04 Å². The Bertz CT molecular complexity index is 414. The van der Waals surface area contributed by atoms with E-state index in [2.05, 4.69) is 26.1 Å². The van der Waals surface area contributed by atoms with Gasteiger partial charge in [-0.15, -0.1) is 0 Å². The van der Waals surface area contributed by atoms with Crippen LogP contribution >= 0.6 is 15.9 Å². The minimum Gasteiger partial charge on any atom is -0.367 e. The van der Waals surface area contributed by atoms with Crippen molar-refractivity contribution in [3.63, 3.8) is 0 Å². The molecule has 1 N–H and O–H groups in total. The first-order valence-electron chi connectivity index (χ1n) is 6.69. The fourth-order valence-electron chi connectivity index (χ4n) is 2.69. The summed E-state index contributed by atoms with van der Waals surface area (Å²) in [5.74, 6) is -0.128. The van der Waals surface area contributed by atoms with E-state index >= 15 is 0 Å². The molecule has 1 heterocycles. The number of nitrogens with one attached hydrogen (secondary N) is 1. The lowest BCUT2D eigenvalue weighted by atomic mass is 10.0. The lowest BCUT2D eigenvalue weighted by Gasteiger charge is -2.35. The molecule has 1 aliphatic carbocycles. The van der Waals surface area contributed by atoms with Gasteiger partial charge in [0.1, 0.15) is 5.82 Å². The first-order chi connectivity index (χ1) is 8.74. The van der Waals surface area contributed by atoms with E-state index in [1.165, 1.54) is 25.3 Å². The van der Waals surface area contributed by atoms with Gasteiger partial charge in [0.05, 0.1) is 5.69 Å². The topological polar surface area (TPSA) is 15.3 Å². The van der Waals surface area contributed by atoms with Crippen molar-refractivity contribution in [3.05, 3.63) is 28.5 Å². The maximum atomic E-state index is 13.9. The van der Waals surface area contributed by atoms with Crippen LogP contribution in [0.1, 0.15) is 25.7 Å². The van der Waals surface area contributed by atoms with Crippen LogP contribution in [-0.4, -0.2) is 25.2 Å². The summed E-state index contributed by atoms with van der Waals surface area (Å²) < 4.78 is 14.8. The number of para-hydroxylation sites is 1. The molecule has 4 heteroatoms. The van der Waals surface area contributed by atoms with Gasteiger partial charge in [0.2, 0.25) is 0 Å². The zero-order chi connectivity index (χ0) is 12.5. The van der Waals surface area contributed by atoms with Gasteiger partial charge in [-0.25, -0.2) is 4.39 Å². The van der Waals surface area contributed by atoms with Gasteiger partial charge in [-0.1, -0.05) is 6.07 Å². The van der Waals surface area contributed by atoms with Crippen LogP contribution < -0.4 is 10.2 Å². The molecule has 1 aromatic rings. The van der Waals surface area contributed by atoms with Gasteiger partial charge in [0.25, 0.3) is 0 Å². The fourth-order valence-corrected chi connectivity index (χ4v) is 3.28. The summed E-state index contributed by atoms with van der Waals surface area (Å²) in [7, 11) is 0. The number of piperidine rings is 1. The molecule has 3 rings (SSSR count). The predicted octanol–water partition coefficient (Wildman–Crippen LogP) is 3.31. The Balaban J connectivity index is 1.74. The average molecular weight is 313 g/mol. The summed E-state index contributed by atoms with van der Waals surface area (Å²) in [5.41, 5.74) is 0.722. The van der Waals surface area contributed by atoms with Crippen LogP contribution in [0.25, 0.3) is 0 Å². The molecule has 2 nitrogen and oxygen atoms in total. The smallest absolute Gasteiger partial charge is 0.147 e. The normalized spacial score (nSPS) is 24.3. The Labute approximate surface area is 116 Å². The molecule has 0 aromatic heterocycles. The predicted molar refractivity (Wildman–Crippen MR) is 75.5 cm³/mol. The Kier molecular flexibility index (Phi) is 3.57. The first kappa shape index (κ1) is 12.4. The zero-order valence-corrected chi connectivity index (χ0v) is 11.9. The molecule has 2 fully saturated rings. The second-order valence-electron chi connectivity index (χ2n) is 5.30. The van der Waals surface area contributed by atoms with Crippen LogP contribution in [0.15, 0.2) is 22.7 Å². The third-order valence-electron chi connectivity index (χ3n) is 3.72. The molecule has 1 aromatic carbocycles. The second-order valence-corrected chi connectivity index (χ2v) is 6.15. The monoisotopic (exact) mass is 312 g/mol. The van der Waals surface area contributed by atoms with E-state index in [1.54, 1.807) is 6.07 Å². The highest BCUT2D eigenvalue weighted by Crippen LogP contribution is 2.31. The molecule has 1 saturated heterocycles. The minimum atomic E-state index is -0.128. The number of benzene rings is 1. The molecular formula is C14H18BrFN2. The first-order valence-corrected chi connectivity index (χ1v) is 7.48. The van der Waals surface area contributed by atoms with Gasteiger partial charge in [-0.05, 0) is 53.7 Å². The Hall–Kier alpha value is -0.610. The van der Waals surface area contributed by atoms with Crippen LogP contribution in [-0.2, 0) is 0 Å². The highest BCUT2D eigenvalue weighted by Gasteiger charge is 2.28. The molecular weight excluding hydrogens is 295 g/mol. The molecule has 2 aliphatic rings. The molecule has 0 bridgehead atoms. The molecule has 0 amide bonds. The second kappa shape index (κ2) is 5.17. The van der Waals surface area contributed by atoms with E-state index in [-0.39, 0.29) is 5.82 Å². The van der Waals surface area contributed by atoms with Crippen LogP contribution in [0.4, 0.5) is 10.1 Å². The van der Waals surface area contributed by atoms with Gasteiger partial charge in [0.15, 0.2) is 0 Å². The molecule has 1 aliphatic heterocycles. The van der Waals surface area contributed by atoms with E-state index in [0.717, 1.165) is 35.7 Å². The van der Waals surface area contributed by atoms with E-state index in [1.807, 2.05) is 6.07 Å². The fraction of sp³-hybridized carbons (Fsp3) is 0.571. The lowest BCUT2D eigenvalue weighted by Crippen LogP contribution is -2.46. The van der Waals surface area contributed by atoms with Gasteiger partial charge >= 0.3 is 0 Å². The number of nitrogens with zero attached hydrogens (tertiary/aromatic N) is 1. The van der Waals surface area contributed by atoms with Crippen molar-refractivity contribution in [2.45, 2.75) is 37.8 Å². The number of rotatable bonds is 3. The highest BCUT2D eigenvalue weighted by atomic mass is 79.9. The van der Waals surface area contributed by atoms with Crippen LogP contribution in [0, 0.1) is 5.82 Å². The van der Waals surface area contributed by atoms with Gasteiger partial charge < -0.3 is 10.2 Å². The van der Waals surface area contributed by atoms with Crippen molar-refractivity contribution in [3.8, 4) is 0 Å². The SMILES string of the molecule is Fc1cccc(Br)c1N1CCCC(NC2CC2)C1. The number of anilines is 1. The lowest BCUT2D eigenvalue weighted by molar-refractivity contribution is 0.417. The molecule has 1 unspecified atom stereocenters. The molecule has 0 radical (unpaired) electrons. The molecule has 98 valence electrons. The van der Waals surface area contributed by atoms with Gasteiger partial charge in [0, 0.05) is 29.6 Å². The third kappa shape index (κ3) is 2.69. The average Bonchev–Trinajstić information content (AvgIpc) is 3.13. The maximum Gasteiger partial charge on any atom is 0.147 e. The van der Waals surface area contributed by atoms with Gasteiger partial charge in [-0.2, -0.15) is 0 Å². The third-order valence-corrected chi connectivity index (χ3v) is 4.36. The van der Waals surface area contributed by atoms with Crippen molar-refractivity contribution < 1.29 is 4.39 Å². The largest absolute Gasteiger partial charge is 0.367 e. The molecule has 18 heavy (non-hydrogen) atoms. The standard InChI is InChI=1S/C14H18BrFN2/c15-12-4-1-5-13(16)14(12)18-8-2-3-11(9-18)17-10-6-7-10/h1,4-5,10-11,17H,2-3,6-9H2. The minimum absolute atomic E-state index is 0.128. The Morgan fingerprint density at radius 3 is 2.78 bits per heavy atom. The summed E-state index contributed by atoms with van der Waals surface area (Å²) in [6, 6.07) is 6.43. The quantitative estimate of drug-likeness (QED) is 0.921. The number of hydrogen-bond donors (Lipinski definition) is 1. The maximum absolute atomic E-state index is 13.9. The summed E-state index contributed by atoms with van der Waals surface area (Å²) in [4.78, 5) is 2.17. The van der Waals surface area contributed by atoms with Crippen LogP contribution in [0.5, 0.6) is 0 Å². The van der Waals surface area contributed by atoms with Gasteiger partial charge in [-0.3, -0.25) is 0 Å². The summed E-state index contributed by atoms with van der Waals surface area (Å²) in [6.45, 7) is 1.86. The summed E-state index contributed by atoms with van der Waals surface area (Å²) in [5, 5.41) is 3.65. The summed E-state index contributed by atoms with van der Waals surface area (Å²) in [6.07, 6.45) is 4.95. The Morgan fingerprint density at radius 2 is 2.06 bits per heavy atom. The van der Waals surface area contributed by atoms with Crippen molar-refractivity contribution in [2.75, 3.05) is 18.0 Å². The highest BCUT2D eigenvalue weighted by molar-refractivity contribution is 9.10. The summed E-state index contributed by atoms with van der Waals surface area (Å²) >= 11 is 3.46. The molecule has 1 saturated carbocycles.